The van der Waals surface area contributed by atoms with Crippen LogP contribution in [0.4, 0.5) is 0 Å². The molecular weight excluding hydrogens is 465 g/mol. The van der Waals surface area contributed by atoms with Gasteiger partial charge in [0.25, 0.3) is 0 Å². The molecule has 0 bridgehead atoms. The maximum atomic E-state index is 11.3. The minimum absolute atomic E-state index is 0. The summed E-state index contributed by atoms with van der Waals surface area (Å²) in [5, 5.41) is 3.74. The Hall–Kier alpha value is -0.570. The van der Waals surface area contributed by atoms with E-state index in [1.165, 1.54) is 64.5 Å². The summed E-state index contributed by atoms with van der Waals surface area (Å²) in [5.74, 6) is 1.18. The first kappa shape index (κ1) is 23.7. The molecule has 0 aromatic heterocycles. The number of likely N-dealkylation sites (tertiary alicyclic amines) is 2. The van der Waals surface area contributed by atoms with Crippen molar-refractivity contribution in [3.8, 4) is 0 Å². The lowest BCUT2D eigenvalue weighted by molar-refractivity contribution is -0.119. The fourth-order valence-electron chi connectivity index (χ4n) is 5.47. The molecular formula is C21H40IN5O. The van der Waals surface area contributed by atoms with Gasteiger partial charge in [0.2, 0.25) is 5.91 Å². The first-order valence-corrected chi connectivity index (χ1v) is 11.1. The van der Waals surface area contributed by atoms with Gasteiger partial charge in [-0.2, -0.15) is 0 Å². The van der Waals surface area contributed by atoms with Crippen LogP contribution in [0.15, 0.2) is 4.99 Å². The van der Waals surface area contributed by atoms with Crippen molar-refractivity contribution in [1.29, 1.82) is 0 Å². The van der Waals surface area contributed by atoms with Gasteiger partial charge in [0.1, 0.15) is 0 Å². The molecule has 2 saturated heterocycles. The molecule has 7 heteroatoms. The topological polar surface area (TPSA) is 74.0 Å². The summed E-state index contributed by atoms with van der Waals surface area (Å²) in [6, 6.07) is 0. The van der Waals surface area contributed by atoms with Crippen LogP contribution in [-0.2, 0) is 4.79 Å². The van der Waals surface area contributed by atoms with E-state index in [0.29, 0.717) is 17.9 Å². The lowest BCUT2D eigenvalue weighted by atomic mass is 9.79. The molecule has 3 N–H and O–H groups in total. The van der Waals surface area contributed by atoms with E-state index in [-0.39, 0.29) is 29.9 Å². The Labute approximate surface area is 188 Å². The average Bonchev–Trinajstić information content (AvgIpc) is 2.70. The summed E-state index contributed by atoms with van der Waals surface area (Å²) in [6.45, 7) is 5.41. The van der Waals surface area contributed by atoms with Gasteiger partial charge in [0.15, 0.2) is 5.96 Å². The first-order valence-electron chi connectivity index (χ1n) is 11.1. The van der Waals surface area contributed by atoms with Crippen LogP contribution >= 0.6 is 24.0 Å². The van der Waals surface area contributed by atoms with Crippen LogP contribution < -0.4 is 11.1 Å². The molecule has 0 radical (unpaired) electrons. The third kappa shape index (κ3) is 6.21. The van der Waals surface area contributed by atoms with Crippen molar-refractivity contribution in [3.05, 3.63) is 0 Å². The van der Waals surface area contributed by atoms with Gasteiger partial charge in [0, 0.05) is 38.6 Å². The second-order valence-electron chi connectivity index (χ2n) is 8.86. The van der Waals surface area contributed by atoms with Crippen molar-refractivity contribution in [3.63, 3.8) is 0 Å². The van der Waals surface area contributed by atoms with Crippen LogP contribution in [0.1, 0.15) is 70.6 Å². The highest BCUT2D eigenvalue weighted by Gasteiger charge is 2.38. The van der Waals surface area contributed by atoms with Gasteiger partial charge in [-0.15, -0.1) is 24.0 Å². The molecule has 3 fully saturated rings. The van der Waals surface area contributed by atoms with Gasteiger partial charge in [-0.3, -0.25) is 14.7 Å². The monoisotopic (exact) mass is 505 g/mol. The van der Waals surface area contributed by atoms with Crippen LogP contribution in [0.25, 0.3) is 0 Å². The minimum Gasteiger partial charge on any atom is -0.370 e. The zero-order valence-electron chi connectivity index (χ0n) is 17.6. The minimum atomic E-state index is -0.184. The van der Waals surface area contributed by atoms with E-state index < -0.39 is 0 Å². The largest absolute Gasteiger partial charge is 0.370 e. The maximum Gasteiger partial charge on any atom is 0.217 e. The molecule has 1 saturated carbocycles. The number of aliphatic imine (C=N–C) groups is 1. The van der Waals surface area contributed by atoms with Gasteiger partial charge in [-0.05, 0) is 57.5 Å². The SMILES string of the molecule is CN=C(NCC1(N2CCCCC2)CCCCC1)N1CCCC(CC(N)=O)C1.I. The van der Waals surface area contributed by atoms with Crippen molar-refractivity contribution in [2.24, 2.45) is 16.6 Å². The number of piperidine rings is 2. The number of carbonyl (C=O) groups excluding carboxylic acids is 1. The van der Waals surface area contributed by atoms with Gasteiger partial charge in [-0.25, -0.2) is 0 Å². The molecule has 1 aliphatic carbocycles. The number of primary amides is 1. The number of guanidine groups is 1. The molecule has 162 valence electrons. The lowest BCUT2D eigenvalue weighted by Gasteiger charge is -2.49. The van der Waals surface area contributed by atoms with Gasteiger partial charge in [0.05, 0.1) is 0 Å². The molecule has 28 heavy (non-hydrogen) atoms. The Kier molecular flexibility index (Phi) is 9.80. The van der Waals surface area contributed by atoms with Crippen LogP contribution in [0, 0.1) is 5.92 Å². The molecule has 3 rings (SSSR count). The summed E-state index contributed by atoms with van der Waals surface area (Å²) < 4.78 is 0. The highest BCUT2D eigenvalue weighted by molar-refractivity contribution is 14.0. The number of halogens is 1. The molecule has 6 nitrogen and oxygen atoms in total. The number of rotatable bonds is 5. The second-order valence-corrected chi connectivity index (χ2v) is 8.86. The number of nitrogens with two attached hydrogens (primary N) is 1. The molecule has 1 amide bonds. The predicted molar refractivity (Wildman–Crippen MR) is 126 cm³/mol. The molecule has 0 aromatic rings. The molecule has 0 spiro atoms. The number of hydrogen-bond donors (Lipinski definition) is 2. The van der Waals surface area contributed by atoms with Crippen LogP contribution in [0.2, 0.25) is 0 Å². The molecule has 2 heterocycles. The van der Waals surface area contributed by atoms with E-state index in [1.807, 2.05) is 7.05 Å². The number of nitrogens with one attached hydrogen (secondary N) is 1. The van der Waals surface area contributed by atoms with E-state index in [2.05, 4.69) is 20.1 Å². The Morgan fingerprint density at radius 3 is 2.39 bits per heavy atom. The number of amides is 1. The maximum absolute atomic E-state index is 11.3. The first-order chi connectivity index (χ1) is 13.1. The van der Waals surface area contributed by atoms with E-state index in [0.717, 1.165) is 38.4 Å². The molecule has 0 aromatic carbocycles. The summed E-state index contributed by atoms with van der Waals surface area (Å²) in [4.78, 5) is 21.0. The highest BCUT2D eigenvalue weighted by atomic mass is 127. The van der Waals surface area contributed by atoms with Crippen LogP contribution in [0.5, 0.6) is 0 Å². The third-order valence-electron chi connectivity index (χ3n) is 6.91. The Balaban J connectivity index is 0.00000280. The van der Waals surface area contributed by atoms with Gasteiger partial charge in [-0.1, -0.05) is 25.7 Å². The van der Waals surface area contributed by atoms with Crippen LogP contribution in [0.3, 0.4) is 0 Å². The van der Waals surface area contributed by atoms with Crippen molar-refractivity contribution in [2.75, 3.05) is 39.8 Å². The Morgan fingerprint density at radius 2 is 1.75 bits per heavy atom. The second kappa shape index (κ2) is 11.6. The van der Waals surface area contributed by atoms with E-state index >= 15 is 0 Å². The summed E-state index contributed by atoms with van der Waals surface area (Å²) in [5.41, 5.74) is 5.73. The molecule has 3 aliphatic rings. The summed E-state index contributed by atoms with van der Waals surface area (Å²) >= 11 is 0. The highest BCUT2D eigenvalue weighted by Crippen LogP contribution is 2.35. The van der Waals surface area contributed by atoms with Crippen molar-refractivity contribution >= 4 is 35.8 Å². The zero-order chi connectivity index (χ0) is 19.1. The van der Waals surface area contributed by atoms with E-state index in [1.54, 1.807) is 0 Å². The number of carbonyl (C=O) groups is 1. The number of nitrogens with zero attached hydrogens (tertiary/aromatic N) is 3. The quantitative estimate of drug-likeness (QED) is 0.343. The molecule has 1 unspecified atom stereocenters. The smallest absolute Gasteiger partial charge is 0.217 e. The predicted octanol–water partition coefficient (Wildman–Crippen LogP) is 2.96. The number of hydrogen-bond acceptors (Lipinski definition) is 3. The van der Waals surface area contributed by atoms with Crippen molar-refractivity contribution in [2.45, 2.75) is 76.2 Å². The fraction of sp³-hybridized carbons (Fsp3) is 0.905. The Bertz CT molecular complexity index is 515. The van der Waals surface area contributed by atoms with E-state index in [9.17, 15) is 4.79 Å². The standard InChI is InChI=1S/C21H39N5O.HI/c1-23-20(25-12-8-9-18(16-25)15-19(22)27)24-17-21(10-4-2-5-11-21)26-13-6-3-7-14-26;/h18H,2-17H2,1H3,(H2,22,27)(H,23,24);1H. The van der Waals surface area contributed by atoms with Crippen molar-refractivity contribution < 1.29 is 4.79 Å². The zero-order valence-corrected chi connectivity index (χ0v) is 20.0. The summed E-state index contributed by atoms with van der Waals surface area (Å²) in [6.07, 6.45) is 13.5. The summed E-state index contributed by atoms with van der Waals surface area (Å²) in [7, 11) is 1.88. The van der Waals surface area contributed by atoms with Gasteiger partial charge < -0.3 is 16.0 Å². The van der Waals surface area contributed by atoms with E-state index in [4.69, 9.17) is 5.73 Å². The van der Waals surface area contributed by atoms with Crippen molar-refractivity contribution in [1.82, 2.24) is 15.1 Å². The van der Waals surface area contributed by atoms with Crippen LogP contribution in [-0.4, -0.2) is 67.0 Å². The van der Waals surface area contributed by atoms with Gasteiger partial charge >= 0.3 is 0 Å². The average molecular weight is 505 g/mol. The Morgan fingerprint density at radius 1 is 1.07 bits per heavy atom. The normalized spacial score (nSPS) is 26.4. The molecule has 2 aliphatic heterocycles. The lowest BCUT2D eigenvalue weighted by Crippen LogP contribution is -2.59. The third-order valence-corrected chi connectivity index (χ3v) is 6.91. The fourth-order valence-corrected chi connectivity index (χ4v) is 5.47. The molecule has 1 atom stereocenters.